The van der Waals surface area contributed by atoms with E-state index in [1.165, 1.54) is 0 Å². The van der Waals surface area contributed by atoms with Gasteiger partial charge in [0.15, 0.2) is 0 Å². The number of aliphatic hydroxyl groups is 2. The zero-order valence-electron chi connectivity index (χ0n) is 31.0. The third kappa shape index (κ3) is 27.3. The molecule has 2 atom stereocenters. The average molecular weight is 736 g/mol. The van der Waals surface area contributed by atoms with E-state index < -0.39 is 12.2 Å². The van der Waals surface area contributed by atoms with Crippen molar-refractivity contribution in [1.29, 1.82) is 0 Å². The first kappa shape index (κ1) is 45.9. The molecule has 1 heterocycles. The van der Waals surface area contributed by atoms with Crippen molar-refractivity contribution in [3.63, 3.8) is 0 Å². The highest BCUT2D eigenvalue weighted by Crippen LogP contribution is 2.12. The van der Waals surface area contributed by atoms with Gasteiger partial charge in [0, 0.05) is 77.4 Å². The lowest BCUT2D eigenvalue weighted by Crippen LogP contribution is -2.47. The minimum atomic E-state index is -0.617. The molecule has 2 unspecified atom stereocenters. The molecule has 49 heavy (non-hydrogen) atoms. The summed E-state index contributed by atoms with van der Waals surface area (Å²) in [4.78, 5) is 43.2. The van der Waals surface area contributed by atoms with Crippen molar-refractivity contribution in [2.75, 3.05) is 84.5 Å². The first-order valence-corrected chi connectivity index (χ1v) is 20.8. The van der Waals surface area contributed by atoms with Gasteiger partial charge in [-0.2, -0.15) is 0 Å². The minimum absolute atomic E-state index is 0.197. The van der Waals surface area contributed by atoms with E-state index in [9.17, 15) is 24.6 Å². The Kier molecular flexibility index (Phi) is 27.6. The fourth-order valence-electron chi connectivity index (χ4n) is 5.51. The summed E-state index contributed by atoms with van der Waals surface area (Å²) >= 11 is 4.21. The van der Waals surface area contributed by atoms with E-state index in [-0.39, 0.29) is 24.3 Å². The summed E-state index contributed by atoms with van der Waals surface area (Å²) < 4.78 is 16.1. The fourth-order valence-corrected chi connectivity index (χ4v) is 6.09. The number of nitrogens with zero attached hydrogens (tertiary/aromatic N) is 3. The van der Waals surface area contributed by atoms with Crippen molar-refractivity contribution in [2.45, 2.75) is 117 Å². The Morgan fingerprint density at radius 3 is 1.53 bits per heavy atom. The molecule has 0 bridgehead atoms. The zero-order valence-corrected chi connectivity index (χ0v) is 32.7. The topological polar surface area (TPSA) is 129 Å². The molecule has 0 aliphatic carbocycles. The monoisotopic (exact) mass is 735 g/mol. The van der Waals surface area contributed by atoms with Crippen LogP contribution in [0.3, 0.4) is 0 Å². The predicted octanol–water partition coefficient (Wildman–Crippen LogP) is 4.83. The molecule has 0 spiro atoms. The molecule has 11 nitrogen and oxygen atoms in total. The molecule has 1 saturated heterocycles. The number of piperazine rings is 1. The Bertz CT molecular complexity index is 820. The third-order valence-corrected chi connectivity index (χ3v) is 9.59. The van der Waals surface area contributed by atoms with Gasteiger partial charge in [-0.15, -0.1) is 11.7 Å². The summed E-state index contributed by atoms with van der Waals surface area (Å²) in [6, 6.07) is 0. The van der Waals surface area contributed by atoms with Crippen molar-refractivity contribution in [3.8, 4) is 0 Å². The zero-order chi connectivity index (χ0) is 36.3. The molecule has 1 rings (SSSR count). The predicted molar refractivity (Wildman–Crippen MR) is 201 cm³/mol. The number of hydrogen-bond acceptors (Lipinski definition) is 13. The Morgan fingerprint density at radius 2 is 1.08 bits per heavy atom. The van der Waals surface area contributed by atoms with Crippen LogP contribution in [0.25, 0.3) is 0 Å². The van der Waals surface area contributed by atoms with E-state index in [2.05, 4.69) is 49.2 Å². The summed E-state index contributed by atoms with van der Waals surface area (Å²) in [6.07, 6.45) is 5.74. The van der Waals surface area contributed by atoms with Gasteiger partial charge in [-0.1, -0.05) is 51.3 Å². The van der Waals surface area contributed by atoms with E-state index in [0.717, 1.165) is 57.9 Å². The second-order valence-corrected chi connectivity index (χ2v) is 15.6. The smallest absolute Gasteiger partial charge is 0.305 e. The highest BCUT2D eigenvalue weighted by molar-refractivity contribution is 8.68. The Morgan fingerprint density at radius 1 is 0.653 bits per heavy atom. The number of thiol groups is 1. The van der Waals surface area contributed by atoms with Crippen LogP contribution in [0.15, 0.2) is 0 Å². The summed E-state index contributed by atoms with van der Waals surface area (Å²) in [6.45, 7) is 16.7. The molecular formula is C36H69N3O8S2. The largest absolute Gasteiger partial charge is 0.466 e. The Hall–Kier alpha value is -1.09. The lowest BCUT2D eigenvalue weighted by molar-refractivity contribution is -0.145. The van der Waals surface area contributed by atoms with E-state index in [0.29, 0.717) is 109 Å². The van der Waals surface area contributed by atoms with Crippen LogP contribution in [0, 0.1) is 11.8 Å². The summed E-state index contributed by atoms with van der Waals surface area (Å²) in [5.41, 5.74) is 0. The number of esters is 3. The number of carbonyl (C=O) groups is 3. The van der Waals surface area contributed by atoms with Crippen LogP contribution in [-0.2, 0) is 28.6 Å². The Balaban J connectivity index is 2.43. The summed E-state index contributed by atoms with van der Waals surface area (Å²) in [7, 11) is 1.57. The lowest BCUT2D eigenvalue weighted by atomic mass is 10.1. The summed E-state index contributed by atoms with van der Waals surface area (Å²) in [5.74, 6) is 1.37. The van der Waals surface area contributed by atoms with Crippen molar-refractivity contribution < 1.29 is 38.8 Å². The van der Waals surface area contributed by atoms with E-state index in [1.54, 1.807) is 10.8 Å². The molecule has 0 aromatic heterocycles. The number of hydrogen-bond donors (Lipinski definition) is 3. The van der Waals surface area contributed by atoms with Crippen molar-refractivity contribution in [2.24, 2.45) is 11.8 Å². The van der Waals surface area contributed by atoms with E-state index >= 15 is 0 Å². The number of rotatable bonds is 30. The van der Waals surface area contributed by atoms with Crippen LogP contribution in [0.4, 0.5) is 0 Å². The number of carbonyl (C=O) groups excluding carboxylic acids is 3. The highest BCUT2D eigenvalue weighted by Gasteiger charge is 2.19. The van der Waals surface area contributed by atoms with Crippen LogP contribution >= 0.6 is 22.5 Å². The van der Waals surface area contributed by atoms with Gasteiger partial charge in [-0.3, -0.25) is 29.1 Å². The van der Waals surface area contributed by atoms with Crippen molar-refractivity contribution >= 4 is 40.4 Å². The lowest BCUT2D eigenvalue weighted by Gasteiger charge is -2.34. The van der Waals surface area contributed by atoms with Crippen LogP contribution < -0.4 is 0 Å². The van der Waals surface area contributed by atoms with Crippen LogP contribution in [0.1, 0.15) is 105 Å². The van der Waals surface area contributed by atoms with Gasteiger partial charge >= 0.3 is 17.9 Å². The molecule has 288 valence electrons. The van der Waals surface area contributed by atoms with Crippen LogP contribution in [-0.4, -0.2) is 140 Å². The first-order valence-electron chi connectivity index (χ1n) is 18.7. The van der Waals surface area contributed by atoms with E-state index in [1.807, 2.05) is 4.90 Å². The normalized spacial score (nSPS) is 15.6. The fraction of sp³-hybridized carbons (Fsp3) is 0.917. The maximum atomic E-state index is 12.5. The Labute approximate surface area is 306 Å². The van der Waals surface area contributed by atoms with Crippen LogP contribution in [0.2, 0.25) is 0 Å². The quantitative estimate of drug-likeness (QED) is 0.0308. The minimum Gasteiger partial charge on any atom is -0.466 e. The van der Waals surface area contributed by atoms with E-state index in [4.69, 9.17) is 14.2 Å². The van der Waals surface area contributed by atoms with Crippen molar-refractivity contribution in [1.82, 2.24) is 14.7 Å². The average Bonchev–Trinajstić information content (AvgIpc) is 3.04. The molecule has 0 aromatic rings. The second-order valence-electron chi connectivity index (χ2n) is 14.2. The molecule has 0 aromatic carbocycles. The number of unbranched alkanes of at least 4 members (excludes halogenated alkanes) is 2. The second kappa shape index (κ2) is 29.5. The van der Waals surface area contributed by atoms with Crippen LogP contribution in [0.5, 0.6) is 0 Å². The van der Waals surface area contributed by atoms with Gasteiger partial charge in [0.25, 0.3) is 0 Å². The number of aliphatic hydroxyl groups excluding tert-OH is 2. The van der Waals surface area contributed by atoms with Gasteiger partial charge in [0.05, 0.1) is 25.4 Å². The molecule has 2 N–H and O–H groups in total. The van der Waals surface area contributed by atoms with Gasteiger partial charge < -0.3 is 24.4 Å². The molecular weight excluding hydrogens is 667 g/mol. The molecule has 1 aliphatic heterocycles. The maximum absolute atomic E-state index is 12.5. The standard InChI is InChI=1S/C36H69N3O8S2/c1-30(2)15-24-45-34(42)12-7-5-10-32(40)28-39(29-33(41)11-6-8-13-35(43)46-25-16-31(3)4)17-9-14-36(44)47-26-22-37-18-20-38(21-19-37)23-27-49-48/h30-33,40-41,48H,5-29H2,1-4H3. The van der Waals surface area contributed by atoms with Gasteiger partial charge in [0.2, 0.25) is 0 Å². The molecule has 1 fully saturated rings. The van der Waals surface area contributed by atoms with Gasteiger partial charge in [-0.25, -0.2) is 0 Å². The van der Waals surface area contributed by atoms with Crippen molar-refractivity contribution in [3.05, 3.63) is 0 Å². The van der Waals surface area contributed by atoms with Gasteiger partial charge in [0.1, 0.15) is 6.61 Å². The molecule has 13 heteroatoms. The maximum Gasteiger partial charge on any atom is 0.305 e. The SMILES string of the molecule is CC(C)CCOC(=O)CCCCC(O)CN(CCCC(=O)OCCN1CCN(CCSS)CC1)CC(O)CCCCC(=O)OCCC(C)C. The molecule has 0 amide bonds. The third-order valence-electron chi connectivity index (χ3n) is 8.68. The molecule has 0 radical (unpaired) electrons. The van der Waals surface area contributed by atoms with Gasteiger partial charge in [-0.05, 0) is 63.3 Å². The molecule has 0 saturated carbocycles. The highest BCUT2D eigenvalue weighted by atomic mass is 33.1. The number of ether oxygens (including phenoxy) is 3. The first-order chi connectivity index (χ1) is 23.5. The summed E-state index contributed by atoms with van der Waals surface area (Å²) in [5, 5.41) is 21.6. The molecule has 1 aliphatic rings.